The molecule has 1 atom stereocenters. The fourth-order valence-electron chi connectivity index (χ4n) is 2.69. The van der Waals surface area contributed by atoms with Gasteiger partial charge in [-0.15, -0.1) is 0 Å². The second-order valence-corrected chi connectivity index (χ2v) is 5.60. The molecule has 104 valence electrons. The van der Waals surface area contributed by atoms with Crippen molar-refractivity contribution in [3.05, 3.63) is 71.0 Å². The van der Waals surface area contributed by atoms with Crippen molar-refractivity contribution in [2.75, 3.05) is 0 Å². The maximum atomic E-state index is 13.7. The highest BCUT2D eigenvalue weighted by Gasteiger charge is 2.25. The molecule has 20 heavy (non-hydrogen) atoms. The van der Waals surface area contributed by atoms with Crippen LogP contribution >= 0.6 is 0 Å². The van der Waals surface area contributed by atoms with Gasteiger partial charge in [0.15, 0.2) is 0 Å². The lowest BCUT2D eigenvalue weighted by atomic mass is 10.0. The van der Waals surface area contributed by atoms with Crippen LogP contribution in [0.2, 0.25) is 0 Å². The third-order valence-electron chi connectivity index (χ3n) is 4.04. The molecule has 1 nitrogen and oxygen atoms in total. The second kappa shape index (κ2) is 5.76. The lowest BCUT2D eigenvalue weighted by Crippen LogP contribution is -2.19. The number of benzene rings is 2. The third kappa shape index (κ3) is 2.91. The van der Waals surface area contributed by atoms with Gasteiger partial charge in [-0.2, -0.15) is 0 Å². The van der Waals surface area contributed by atoms with Gasteiger partial charge in [0.1, 0.15) is 5.82 Å². The Morgan fingerprint density at radius 3 is 2.55 bits per heavy atom. The Morgan fingerprint density at radius 1 is 1.10 bits per heavy atom. The molecule has 3 rings (SSSR count). The molecular formula is C18H20FN. The van der Waals surface area contributed by atoms with Crippen LogP contribution in [0.1, 0.15) is 48.4 Å². The fraction of sp³-hybridized carbons (Fsp3) is 0.333. The maximum Gasteiger partial charge on any atom is 0.127 e. The summed E-state index contributed by atoms with van der Waals surface area (Å²) in [7, 11) is 0. The van der Waals surface area contributed by atoms with Gasteiger partial charge < -0.3 is 5.32 Å². The monoisotopic (exact) mass is 269 g/mol. The van der Waals surface area contributed by atoms with Crippen LogP contribution in [0.3, 0.4) is 0 Å². The zero-order valence-electron chi connectivity index (χ0n) is 11.8. The van der Waals surface area contributed by atoms with E-state index >= 15 is 0 Å². The molecule has 0 amide bonds. The molecule has 2 aromatic rings. The van der Waals surface area contributed by atoms with E-state index in [4.69, 9.17) is 0 Å². The van der Waals surface area contributed by atoms with Crippen molar-refractivity contribution < 1.29 is 4.39 Å². The SMILES string of the molecule is C[C@@H](NCc1ccccc1C1CC1)c1ccccc1F. The van der Waals surface area contributed by atoms with E-state index in [1.165, 1.54) is 30.0 Å². The average molecular weight is 269 g/mol. The van der Waals surface area contributed by atoms with Gasteiger partial charge in [-0.3, -0.25) is 0 Å². The van der Waals surface area contributed by atoms with Crippen LogP contribution in [0.15, 0.2) is 48.5 Å². The standard InChI is InChI=1S/C18H20FN/c1-13(16-7-4-5-9-18(16)19)20-12-15-6-2-3-8-17(15)14-10-11-14/h2-9,13-14,20H,10-12H2,1H3/t13-/m1/s1. The Kier molecular flexibility index (Phi) is 3.83. The third-order valence-corrected chi connectivity index (χ3v) is 4.04. The van der Waals surface area contributed by atoms with Crippen LogP contribution in [0.5, 0.6) is 0 Å². The summed E-state index contributed by atoms with van der Waals surface area (Å²) in [4.78, 5) is 0. The Bertz CT molecular complexity index is 589. The zero-order valence-corrected chi connectivity index (χ0v) is 11.8. The van der Waals surface area contributed by atoms with Crippen LogP contribution in [0.25, 0.3) is 0 Å². The van der Waals surface area contributed by atoms with Crippen molar-refractivity contribution in [3.8, 4) is 0 Å². The normalized spacial score (nSPS) is 16.1. The zero-order chi connectivity index (χ0) is 13.9. The number of nitrogens with one attached hydrogen (secondary N) is 1. The number of halogens is 1. The van der Waals surface area contributed by atoms with Crippen molar-refractivity contribution in [3.63, 3.8) is 0 Å². The van der Waals surface area contributed by atoms with Gasteiger partial charge in [-0.1, -0.05) is 42.5 Å². The summed E-state index contributed by atoms with van der Waals surface area (Å²) in [6, 6.07) is 15.6. The van der Waals surface area contributed by atoms with Crippen LogP contribution in [-0.4, -0.2) is 0 Å². The molecule has 0 bridgehead atoms. The lowest BCUT2D eigenvalue weighted by molar-refractivity contribution is 0.527. The minimum absolute atomic E-state index is 0.0171. The van der Waals surface area contributed by atoms with Gasteiger partial charge in [0.05, 0.1) is 0 Å². The molecule has 0 saturated heterocycles. The average Bonchev–Trinajstić information content (AvgIpc) is 3.30. The molecule has 0 aromatic heterocycles. The molecule has 0 aliphatic heterocycles. The second-order valence-electron chi connectivity index (χ2n) is 5.60. The first-order valence-electron chi connectivity index (χ1n) is 7.31. The van der Waals surface area contributed by atoms with Crippen LogP contribution in [0, 0.1) is 5.82 Å². The van der Waals surface area contributed by atoms with Gasteiger partial charge in [-0.05, 0) is 42.9 Å². The van der Waals surface area contributed by atoms with E-state index in [0.717, 1.165) is 18.0 Å². The van der Waals surface area contributed by atoms with E-state index in [1.54, 1.807) is 6.07 Å². The first-order valence-corrected chi connectivity index (χ1v) is 7.31. The first-order chi connectivity index (χ1) is 9.75. The number of hydrogen-bond donors (Lipinski definition) is 1. The predicted octanol–water partition coefficient (Wildman–Crippen LogP) is 4.55. The molecule has 0 unspecified atom stereocenters. The summed E-state index contributed by atoms with van der Waals surface area (Å²) < 4.78 is 13.7. The quantitative estimate of drug-likeness (QED) is 0.839. The molecular weight excluding hydrogens is 249 g/mol. The molecule has 1 N–H and O–H groups in total. The van der Waals surface area contributed by atoms with Gasteiger partial charge in [0.2, 0.25) is 0 Å². The summed E-state index contributed by atoms with van der Waals surface area (Å²) in [6.45, 7) is 2.81. The summed E-state index contributed by atoms with van der Waals surface area (Å²) in [5, 5.41) is 3.44. The van der Waals surface area contributed by atoms with Gasteiger partial charge in [0.25, 0.3) is 0 Å². The molecule has 0 radical (unpaired) electrons. The van der Waals surface area contributed by atoms with E-state index in [2.05, 4.69) is 29.6 Å². The van der Waals surface area contributed by atoms with E-state index in [9.17, 15) is 4.39 Å². The summed E-state index contributed by atoms with van der Waals surface area (Å²) in [5.74, 6) is 0.611. The highest BCUT2D eigenvalue weighted by molar-refractivity contribution is 5.33. The topological polar surface area (TPSA) is 12.0 Å². The molecule has 1 aliphatic rings. The first kappa shape index (κ1) is 13.3. The van der Waals surface area contributed by atoms with Crippen LogP contribution in [0.4, 0.5) is 4.39 Å². The highest BCUT2D eigenvalue weighted by Crippen LogP contribution is 2.41. The van der Waals surface area contributed by atoms with Crippen LogP contribution in [-0.2, 0) is 6.54 Å². The smallest absolute Gasteiger partial charge is 0.127 e. The molecule has 1 fully saturated rings. The van der Waals surface area contributed by atoms with E-state index in [1.807, 2.05) is 19.1 Å². The molecule has 1 aliphatic carbocycles. The molecule has 1 saturated carbocycles. The Hall–Kier alpha value is -1.67. The van der Waals surface area contributed by atoms with Gasteiger partial charge in [0, 0.05) is 18.2 Å². The summed E-state index contributed by atoms with van der Waals surface area (Å²) in [6.07, 6.45) is 2.61. The van der Waals surface area contributed by atoms with E-state index in [0.29, 0.717) is 0 Å². The Morgan fingerprint density at radius 2 is 1.80 bits per heavy atom. The van der Waals surface area contributed by atoms with Crippen molar-refractivity contribution in [2.45, 2.75) is 38.3 Å². The minimum atomic E-state index is -0.136. The molecule has 2 heteroatoms. The minimum Gasteiger partial charge on any atom is -0.306 e. The summed E-state index contributed by atoms with van der Waals surface area (Å²) in [5.41, 5.74) is 3.54. The molecule has 0 heterocycles. The largest absolute Gasteiger partial charge is 0.306 e. The Labute approximate surface area is 119 Å². The van der Waals surface area contributed by atoms with Gasteiger partial charge >= 0.3 is 0 Å². The van der Waals surface area contributed by atoms with Crippen molar-refractivity contribution in [1.29, 1.82) is 0 Å². The maximum absolute atomic E-state index is 13.7. The van der Waals surface area contributed by atoms with Crippen molar-refractivity contribution >= 4 is 0 Å². The fourth-order valence-corrected chi connectivity index (χ4v) is 2.69. The number of hydrogen-bond acceptors (Lipinski definition) is 1. The van der Waals surface area contributed by atoms with Crippen molar-refractivity contribution in [1.82, 2.24) is 5.32 Å². The molecule has 2 aromatic carbocycles. The molecule has 0 spiro atoms. The lowest BCUT2D eigenvalue weighted by Gasteiger charge is -2.16. The van der Waals surface area contributed by atoms with Gasteiger partial charge in [-0.25, -0.2) is 4.39 Å². The number of rotatable bonds is 5. The van der Waals surface area contributed by atoms with E-state index in [-0.39, 0.29) is 11.9 Å². The van der Waals surface area contributed by atoms with Crippen LogP contribution < -0.4 is 5.32 Å². The van der Waals surface area contributed by atoms with Crippen molar-refractivity contribution in [2.24, 2.45) is 0 Å². The highest BCUT2D eigenvalue weighted by atomic mass is 19.1. The van der Waals surface area contributed by atoms with E-state index < -0.39 is 0 Å². The Balaban J connectivity index is 1.69. The predicted molar refractivity (Wildman–Crippen MR) is 80.1 cm³/mol. The summed E-state index contributed by atoms with van der Waals surface area (Å²) >= 11 is 0.